The molecule has 2 rings (SSSR count). The highest BCUT2D eigenvalue weighted by Gasteiger charge is 2.16. The number of aromatic nitrogens is 2. The Balaban J connectivity index is 1.98. The Hall–Kier alpha value is -1.07. The summed E-state index contributed by atoms with van der Waals surface area (Å²) in [4.78, 5) is 11.1. The minimum absolute atomic E-state index is 0.0392. The van der Waals surface area contributed by atoms with Crippen molar-refractivity contribution in [3.8, 4) is 0 Å². The van der Waals surface area contributed by atoms with E-state index in [2.05, 4.69) is 10.4 Å². The van der Waals surface area contributed by atoms with Gasteiger partial charge in [0.2, 0.25) is 5.91 Å². The number of amides is 1. The van der Waals surface area contributed by atoms with E-state index in [-0.39, 0.29) is 11.8 Å². The van der Waals surface area contributed by atoms with Crippen LogP contribution in [0.3, 0.4) is 0 Å². The van der Waals surface area contributed by atoms with Crippen LogP contribution in [-0.4, -0.2) is 34.8 Å². The number of anilines is 1. The van der Waals surface area contributed by atoms with Gasteiger partial charge >= 0.3 is 0 Å². The van der Waals surface area contributed by atoms with Gasteiger partial charge in [-0.2, -0.15) is 5.10 Å². The van der Waals surface area contributed by atoms with E-state index in [9.17, 15) is 4.79 Å². The van der Waals surface area contributed by atoms with Gasteiger partial charge in [-0.1, -0.05) is 0 Å². The molecule has 6 heteroatoms. The number of nitrogens with zero attached hydrogens (tertiary/aromatic N) is 2. The number of rotatable bonds is 3. The Labute approximate surface area is 98.7 Å². The standard InChI is InChI=1S/C10H14ClN3O2/c11-5-10(15)13-8-6-12-14(7-8)9-1-3-16-4-2-9/h6-7,9H,1-5H2,(H,13,15). The molecule has 0 spiro atoms. The molecule has 1 aromatic rings. The SMILES string of the molecule is O=C(CCl)Nc1cnn(C2CCOCC2)c1. The maximum Gasteiger partial charge on any atom is 0.239 e. The van der Waals surface area contributed by atoms with E-state index in [1.54, 1.807) is 6.20 Å². The first-order valence-electron chi connectivity index (χ1n) is 5.27. The van der Waals surface area contributed by atoms with Gasteiger partial charge in [0.1, 0.15) is 5.88 Å². The van der Waals surface area contributed by atoms with Crippen LogP contribution in [0.2, 0.25) is 0 Å². The van der Waals surface area contributed by atoms with Crippen molar-refractivity contribution in [1.29, 1.82) is 0 Å². The third-order valence-corrected chi connectivity index (χ3v) is 2.81. The summed E-state index contributed by atoms with van der Waals surface area (Å²) in [6.45, 7) is 1.54. The third-order valence-electron chi connectivity index (χ3n) is 2.57. The minimum atomic E-state index is -0.215. The second-order valence-corrected chi connectivity index (χ2v) is 4.00. The average molecular weight is 244 g/mol. The van der Waals surface area contributed by atoms with Crippen molar-refractivity contribution in [2.75, 3.05) is 24.4 Å². The number of hydrogen-bond acceptors (Lipinski definition) is 3. The fraction of sp³-hybridized carbons (Fsp3) is 0.600. The van der Waals surface area contributed by atoms with Gasteiger partial charge in [-0.05, 0) is 12.8 Å². The largest absolute Gasteiger partial charge is 0.381 e. The summed E-state index contributed by atoms with van der Waals surface area (Å²) in [6, 6.07) is 0.371. The summed E-state index contributed by atoms with van der Waals surface area (Å²) in [5, 5.41) is 6.90. The van der Waals surface area contributed by atoms with Gasteiger partial charge < -0.3 is 10.1 Å². The summed E-state index contributed by atoms with van der Waals surface area (Å²) >= 11 is 5.40. The van der Waals surface area contributed by atoms with E-state index in [4.69, 9.17) is 16.3 Å². The van der Waals surface area contributed by atoms with Gasteiger partial charge in [0, 0.05) is 19.4 Å². The molecule has 2 heterocycles. The first-order valence-corrected chi connectivity index (χ1v) is 5.81. The second kappa shape index (κ2) is 5.32. The summed E-state index contributed by atoms with van der Waals surface area (Å²) in [7, 11) is 0. The van der Waals surface area contributed by atoms with Gasteiger partial charge in [-0.15, -0.1) is 11.6 Å². The highest BCUT2D eigenvalue weighted by atomic mass is 35.5. The Morgan fingerprint density at radius 3 is 3.06 bits per heavy atom. The van der Waals surface area contributed by atoms with Crippen molar-refractivity contribution in [2.45, 2.75) is 18.9 Å². The molecular weight excluding hydrogens is 230 g/mol. The zero-order valence-corrected chi connectivity index (χ0v) is 9.61. The highest BCUT2D eigenvalue weighted by molar-refractivity contribution is 6.29. The van der Waals surface area contributed by atoms with Crippen molar-refractivity contribution in [2.24, 2.45) is 0 Å². The zero-order chi connectivity index (χ0) is 11.4. The molecule has 88 valence electrons. The predicted molar refractivity (Wildman–Crippen MR) is 60.7 cm³/mol. The van der Waals surface area contributed by atoms with Crippen LogP contribution in [0.1, 0.15) is 18.9 Å². The van der Waals surface area contributed by atoms with Crippen LogP contribution < -0.4 is 5.32 Å². The average Bonchev–Trinajstić information content (AvgIpc) is 2.78. The number of hydrogen-bond donors (Lipinski definition) is 1. The lowest BCUT2D eigenvalue weighted by Gasteiger charge is -2.22. The smallest absolute Gasteiger partial charge is 0.239 e. The van der Waals surface area contributed by atoms with Crippen LogP contribution in [0.25, 0.3) is 0 Å². The normalized spacial score (nSPS) is 17.3. The number of carbonyl (C=O) groups is 1. The molecule has 0 aromatic carbocycles. The zero-order valence-electron chi connectivity index (χ0n) is 8.86. The molecule has 1 N–H and O–H groups in total. The summed E-state index contributed by atoms with van der Waals surface area (Å²) < 4.78 is 7.16. The van der Waals surface area contributed by atoms with Crippen LogP contribution in [-0.2, 0) is 9.53 Å². The van der Waals surface area contributed by atoms with Gasteiger partial charge in [-0.3, -0.25) is 9.48 Å². The maximum atomic E-state index is 11.1. The predicted octanol–water partition coefficient (Wildman–Crippen LogP) is 1.41. The topological polar surface area (TPSA) is 56.2 Å². The lowest BCUT2D eigenvalue weighted by Crippen LogP contribution is -2.19. The van der Waals surface area contributed by atoms with Crippen molar-refractivity contribution in [3.63, 3.8) is 0 Å². The quantitative estimate of drug-likeness (QED) is 0.817. The first-order chi connectivity index (χ1) is 7.79. The monoisotopic (exact) mass is 243 g/mol. The first kappa shape index (κ1) is 11.4. The molecule has 0 radical (unpaired) electrons. The Kier molecular flexibility index (Phi) is 3.79. The van der Waals surface area contributed by atoms with E-state index < -0.39 is 0 Å². The molecule has 0 unspecified atom stereocenters. The van der Waals surface area contributed by atoms with Gasteiger partial charge in [0.05, 0.1) is 17.9 Å². The molecule has 1 fully saturated rings. The molecular formula is C10H14ClN3O2. The van der Waals surface area contributed by atoms with E-state index in [1.807, 2.05) is 10.9 Å². The van der Waals surface area contributed by atoms with Crippen molar-refractivity contribution < 1.29 is 9.53 Å². The van der Waals surface area contributed by atoms with Gasteiger partial charge in [0.15, 0.2) is 0 Å². The highest BCUT2D eigenvalue weighted by Crippen LogP contribution is 2.21. The molecule has 0 atom stereocenters. The van der Waals surface area contributed by atoms with Crippen LogP contribution >= 0.6 is 11.6 Å². The summed E-state index contributed by atoms with van der Waals surface area (Å²) in [6.07, 6.45) is 5.40. The van der Waals surface area contributed by atoms with E-state index in [1.165, 1.54) is 0 Å². The Morgan fingerprint density at radius 2 is 2.38 bits per heavy atom. The molecule has 1 aromatic heterocycles. The van der Waals surface area contributed by atoms with Crippen LogP contribution in [0.15, 0.2) is 12.4 Å². The molecule has 5 nitrogen and oxygen atoms in total. The summed E-state index contributed by atoms with van der Waals surface area (Å²) in [5.41, 5.74) is 0.692. The number of alkyl halides is 1. The Morgan fingerprint density at radius 1 is 1.62 bits per heavy atom. The summed E-state index contributed by atoms with van der Waals surface area (Å²) in [5.74, 6) is -0.254. The molecule has 0 aliphatic carbocycles. The lowest BCUT2D eigenvalue weighted by atomic mass is 10.1. The van der Waals surface area contributed by atoms with E-state index in [0.717, 1.165) is 26.1 Å². The van der Waals surface area contributed by atoms with Gasteiger partial charge in [0.25, 0.3) is 0 Å². The van der Waals surface area contributed by atoms with E-state index in [0.29, 0.717) is 11.7 Å². The molecule has 16 heavy (non-hydrogen) atoms. The van der Waals surface area contributed by atoms with Gasteiger partial charge in [-0.25, -0.2) is 0 Å². The van der Waals surface area contributed by atoms with Crippen LogP contribution in [0.4, 0.5) is 5.69 Å². The fourth-order valence-corrected chi connectivity index (χ4v) is 1.81. The molecule has 0 bridgehead atoms. The molecule has 1 amide bonds. The fourth-order valence-electron chi connectivity index (χ4n) is 1.75. The number of halogens is 1. The third kappa shape index (κ3) is 2.74. The molecule has 1 aliphatic heterocycles. The maximum absolute atomic E-state index is 11.1. The van der Waals surface area contributed by atoms with Crippen molar-refractivity contribution in [3.05, 3.63) is 12.4 Å². The molecule has 1 saturated heterocycles. The van der Waals surface area contributed by atoms with Crippen molar-refractivity contribution in [1.82, 2.24) is 9.78 Å². The molecule has 1 aliphatic rings. The number of nitrogens with one attached hydrogen (secondary N) is 1. The number of ether oxygens (including phenoxy) is 1. The van der Waals surface area contributed by atoms with E-state index >= 15 is 0 Å². The van der Waals surface area contributed by atoms with Crippen molar-refractivity contribution >= 4 is 23.2 Å². The Bertz CT molecular complexity index is 361. The second-order valence-electron chi connectivity index (χ2n) is 3.73. The minimum Gasteiger partial charge on any atom is -0.381 e. The number of carbonyl (C=O) groups excluding carboxylic acids is 1. The van der Waals surface area contributed by atoms with Crippen LogP contribution in [0.5, 0.6) is 0 Å². The lowest BCUT2D eigenvalue weighted by molar-refractivity contribution is -0.113. The molecule has 0 saturated carbocycles. The van der Waals surface area contributed by atoms with Crippen LogP contribution in [0, 0.1) is 0 Å².